The molecule has 1 amide bonds. The highest BCUT2D eigenvalue weighted by Gasteiger charge is 2.23. The second-order valence-corrected chi connectivity index (χ2v) is 7.99. The molecule has 5 nitrogen and oxygen atoms in total. The Bertz CT molecular complexity index is 590. The van der Waals surface area contributed by atoms with Crippen molar-refractivity contribution in [1.82, 2.24) is 9.80 Å². The molecule has 0 fully saturated rings. The molecule has 1 aliphatic rings. The third kappa shape index (κ3) is 7.15. The van der Waals surface area contributed by atoms with E-state index in [2.05, 4.69) is 29.8 Å². The average molecular weight is 375 g/mol. The van der Waals surface area contributed by atoms with Crippen LogP contribution in [0, 0.1) is 0 Å². The molecule has 0 atom stereocenters. The highest BCUT2D eigenvalue weighted by molar-refractivity contribution is 5.96. The van der Waals surface area contributed by atoms with Crippen LogP contribution in [0.5, 0.6) is 0 Å². The fraction of sp³-hybridized carbons (Fsp3) is 0.682. The van der Waals surface area contributed by atoms with E-state index in [9.17, 15) is 4.79 Å². The Morgan fingerprint density at radius 3 is 2.59 bits per heavy atom. The van der Waals surface area contributed by atoms with E-state index in [1.807, 2.05) is 24.1 Å². The minimum atomic E-state index is 0.178. The van der Waals surface area contributed by atoms with Crippen LogP contribution in [0.15, 0.2) is 18.2 Å². The third-order valence-corrected chi connectivity index (χ3v) is 5.41. The first-order valence-corrected chi connectivity index (χ1v) is 10.6. The zero-order valence-corrected chi connectivity index (χ0v) is 17.5. The van der Waals surface area contributed by atoms with Gasteiger partial charge >= 0.3 is 0 Å². The SMILES string of the molecule is CCCCCCN(C)CCCN(C)CC(=O)N1CCCc2ccc(N)cc21. The molecule has 0 aromatic heterocycles. The van der Waals surface area contributed by atoms with Crippen molar-refractivity contribution in [3.63, 3.8) is 0 Å². The molecule has 2 rings (SSSR count). The fourth-order valence-electron chi connectivity index (χ4n) is 3.78. The van der Waals surface area contributed by atoms with Crippen molar-refractivity contribution in [2.24, 2.45) is 0 Å². The number of nitrogens with two attached hydrogens (primary N) is 1. The molecule has 1 aromatic rings. The smallest absolute Gasteiger partial charge is 0.241 e. The first kappa shape index (κ1) is 21.7. The lowest BCUT2D eigenvalue weighted by molar-refractivity contribution is -0.119. The number of fused-ring (bicyclic) bond motifs is 1. The molecule has 5 heteroatoms. The molecule has 0 saturated heterocycles. The lowest BCUT2D eigenvalue weighted by Crippen LogP contribution is -2.42. The normalized spacial score (nSPS) is 14.0. The summed E-state index contributed by atoms with van der Waals surface area (Å²) >= 11 is 0. The van der Waals surface area contributed by atoms with Gasteiger partial charge in [-0.05, 0) is 77.1 Å². The number of hydrogen-bond donors (Lipinski definition) is 1. The summed E-state index contributed by atoms with van der Waals surface area (Å²) in [7, 11) is 4.25. The third-order valence-electron chi connectivity index (χ3n) is 5.41. The van der Waals surface area contributed by atoms with E-state index in [0.717, 1.165) is 50.3 Å². The molecule has 1 aliphatic heterocycles. The van der Waals surface area contributed by atoms with Crippen molar-refractivity contribution in [2.75, 3.05) is 57.5 Å². The number of nitrogens with zero attached hydrogens (tertiary/aromatic N) is 3. The maximum Gasteiger partial charge on any atom is 0.241 e. The number of carbonyl (C=O) groups is 1. The molecular weight excluding hydrogens is 336 g/mol. The Hall–Kier alpha value is -1.59. The molecule has 0 saturated carbocycles. The lowest BCUT2D eigenvalue weighted by atomic mass is 10.0. The number of unbranched alkanes of at least 4 members (excludes halogenated alkanes) is 3. The standard InChI is InChI=1S/C22H38N4O/c1-4-5-6-7-13-24(2)14-9-15-25(3)18-22(27)26-16-8-10-19-11-12-20(23)17-21(19)26/h11-12,17H,4-10,13-16,18,23H2,1-3H3. The minimum Gasteiger partial charge on any atom is -0.399 e. The van der Waals surface area contributed by atoms with Crippen molar-refractivity contribution < 1.29 is 4.79 Å². The Morgan fingerprint density at radius 2 is 1.81 bits per heavy atom. The Labute approximate surface area is 165 Å². The maximum absolute atomic E-state index is 12.8. The summed E-state index contributed by atoms with van der Waals surface area (Å²) in [5.41, 5.74) is 8.90. The van der Waals surface area contributed by atoms with Crippen LogP contribution >= 0.6 is 0 Å². The molecule has 1 heterocycles. The van der Waals surface area contributed by atoms with Gasteiger partial charge in [-0.25, -0.2) is 0 Å². The van der Waals surface area contributed by atoms with Crippen LogP contribution in [-0.4, -0.2) is 62.5 Å². The number of anilines is 2. The van der Waals surface area contributed by atoms with Gasteiger partial charge < -0.3 is 15.5 Å². The molecule has 0 bridgehead atoms. The molecular formula is C22H38N4O. The van der Waals surface area contributed by atoms with Crippen molar-refractivity contribution in [3.8, 4) is 0 Å². The molecule has 1 aromatic carbocycles. The summed E-state index contributed by atoms with van der Waals surface area (Å²) in [6.07, 6.45) is 8.39. The second kappa shape index (κ2) is 11.3. The van der Waals surface area contributed by atoms with Gasteiger partial charge in [0.05, 0.1) is 6.54 Å². The quantitative estimate of drug-likeness (QED) is 0.476. The number of hydrogen-bond acceptors (Lipinski definition) is 4. The van der Waals surface area contributed by atoms with E-state index >= 15 is 0 Å². The van der Waals surface area contributed by atoms with Crippen LogP contribution in [0.2, 0.25) is 0 Å². The van der Waals surface area contributed by atoms with E-state index in [1.54, 1.807) is 0 Å². The number of rotatable bonds is 11. The van der Waals surface area contributed by atoms with Crippen LogP contribution in [0.3, 0.4) is 0 Å². The molecule has 27 heavy (non-hydrogen) atoms. The van der Waals surface area contributed by atoms with E-state index in [-0.39, 0.29) is 5.91 Å². The Kier molecular flexibility index (Phi) is 9.08. The van der Waals surface area contributed by atoms with Crippen molar-refractivity contribution >= 4 is 17.3 Å². The van der Waals surface area contributed by atoms with E-state index < -0.39 is 0 Å². The first-order chi connectivity index (χ1) is 13.0. The number of nitrogen functional groups attached to an aromatic ring is 1. The predicted molar refractivity (Wildman–Crippen MR) is 115 cm³/mol. The van der Waals surface area contributed by atoms with Crippen LogP contribution in [0.1, 0.15) is 51.0 Å². The average Bonchev–Trinajstić information content (AvgIpc) is 2.64. The number of aryl methyl sites for hydroxylation is 1. The summed E-state index contributed by atoms with van der Waals surface area (Å²) in [6, 6.07) is 5.93. The van der Waals surface area contributed by atoms with Crippen molar-refractivity contribution in [1.29, 1.82) is 0 Å². The van der Waals surface area contributed by atoms with Gasteiger partial charge in [-0.3, -0.25) is 9.69 Å². The Morgan fingerprint density at radius 1 is 1.07 bits per heavy atom. The molecule has 152 valence electrons. The Balaban J connectivity index is 1.73. The number of amides is 1. The highest BCUT2D eigenvalue weighted by Crippen LogP contribution is 2.29. The van der Waals surface area contributed by atoms with Gasteiger partial charge in [0.15, 0.2) is 0 Å². The predicted octanol–water partition coefficient (Wildman–Crippen LogP) is 3.38. The summed E-state index contributed by atoms with van der Waals surface area (Å²) in [5, 5.41) is 0. The van der Waals surface area contributed by atoms with Crippen molar-refractivity contribution in [3.05, 3.63) is 23.8 Å². The zero-order valence-electron chi connectivity index (χ0n) is 17.5. The number of carbonyl (C=O) groups excluding carboxylic acids is 1. The fourth-order valence-corrected chi connectivity index (χ4v) is 3.78. The van der Waals surface area contributed by atoms with Gasteiger partial charge in [0.25, 0.3) is 0 Å². The zero-order chi connectivity index (χ0) is 19.6. The first-order valence-electron chi connectivity index (χ1n) is 10.6. The molecule has 0 spiro atoms. The number of benzene rings is 1. The van der Waals surface area contributed by atoms with Crippen LogP contribution in [0.4, 0.5) is 11.4 Å². The lowest BCUT2D eigenvalue weighted by Gasteiger charge is -2.31. The summed E-state index contributed by atoms with van der Waals surface area (Å²) in [6.45, 7) is 6.72. The van der Waals surface area contributed by atoms with Crippen LogP contribution in [-0.2, 0) is 11.2 Å². The van der Waals surface area contributed by atoms with Gasteiger partial charge in [-0.2, -0.15) is 0 Å². The highest BCUT2D eigenvalue weighted by atomic mass is 16.2. The number of likely N-dealkylation sites (N-methyl/N-ethyl adjacent to an activating group) is 1. The maximum atomic E-state index is 12.8. The second-order valence-electron chi connectivity index (χ2n) is 7.99. The molecule has 0 unspecified atom stereocenters. The monoisotopic (exact) mass is 374 g/mol. The van der Waals surface area contributed by atoms with Gasteiger partial charge in [-0.1, -0.05) is 32.3 Å². The van der Waals surface area contributed by atoms with Crippen molar-refractivity contribution in [2.45, 2.75) is 51.9 Å². The molecule has 2 N–H and O–H groups in total. The molecule has 0 radical (unpaired) electrons. The van der Waals surface area contributed by atoms with Gasteiger partial charge in [0.2, 0.25) is 5.91 Å². The van der Waals surface area contributed by atoms with Crippen LogP contribution in [0.25, 0.3) is 0 Å². The summed E-state index contributed by atoms with van der Waals surface area (Å²) < 4.78 is 0. The summed E-state index contributed by atoms with van der Waals surface area (Å²) in [4.78, 5) is 19.3. The topological polar surface area (TPSA) is 52.8 Å². The van der Waals surface area contributed by atoms with E-state index in [0.29, 0.717) is 6.54 Å². The van der Waals surface area contributed by atoms with Crippen LogP contribution < -0.4 is 10.6 Å². The van der Waals surface area contributed by atoms with E-state index in [4.69, 9.17) is 5.73 Å². The molecule has 0 aliphatic carbocycles. The largest absolute Gasteiger partial charge is 0.399 e. The van der Waals surface area contributed by atoms with Gasteiger partial charge in [-0.15, -0.1) is 0 Å². The van der Waals surface area contributed by atoms with Gasteiger partial charge in [0.1, 0.15) is 0 Å². The minimum absolute atomic E-state index is 0.178. The van der Waals surface area contributed by atoms with Gasteiger partial charge in [0, 0.05) is 17.9 Å². The van der Waals surface area contributed by atoms with E-state index in [1.165, 1.54) is 37.8 Å². The summed E-state index contributed by atoms with van der Waals surface area (Å²) in [5.74, 6) is 0.178.